The van der Waals surface area contributed by atoms with E-state index < -0.39 is 10.8 Å². The molecule has 9 heteroatoms. The van der Waals surface area contributed by atoms with Gasteiger partial charge in [0, 0.05) is 49.4 Å². The molecule has 0 radical (unpaired) electrons. The predicted molar refractivity (Wildman–Crippen MR) is 113 cm³/mol. The molecule has 0 aromatic heterocycles. The van der Waals surface area contributed by atoms with Gasteiger partial charge in [0.1, 0.15) is 5.75 Å². The Bertz CT molecular complexity index is 964. The summed E-state index contributed by atoms with van der Waals surface area (Å²) in [6, 6.07) is 11.3. The number of amides is 2. The summed E-state index contributed by atoms with van der Waals surface area (Å²) in [6.45, 7) is 2.84. The minimum absolute atomic E-state index is 0.0898. The van der Waals surface area contributed by atoms with Gasteiger partial charge in [0.15, 0.2) is 0 Å². The fraction of sp³-hybridized carbons (Fsp3) is 0.333. The van der Waals surface area contributed by atoms with Gasteiger partial charge in [-0.15, -0.1) is 0 Å². The second-order valence-corrected chi connectivity index (χ2v) is 7.47. The third kappa shape index (κ3) is 4.71. The topological polar surface area (TPSA) is 93.0 Å². The van der Waals surface area contributed by atoms with Gasteiger partial charge in [0.05, 0.1) is 17.4 Å². The quantitative estimate of drug-likeness (QED) is 0.492. The number of ether oxygens (including phenoxy) is 1. The predicted octanol–water partition coefficient (Wildman–Crippen LogP) is 3.66. The molecule has 0 unspecified atom stereocenters. The van der Waals surface area contributed by atoms with Crippen molar-refractivity contribution < 1.29 is 19.2 Å². The Kier molecular flexibility index (Phi) is 6.56. The van der Waals surface area contributed by atoms with Gasteiger partial charge < -0.3 is 14.5 Å². The molecule has 0 N–H and O–H groups in total. The first-order valence-corrected chi connectivity index (χ1v) is 9.89. The Balaban J connectivity index is 1.68. The normalized spacial score (nSPS) is 15.9. The van der Waals surface area contributed by atoms with Crippen LogP contribution in [-0.4, -0.2) is 41.8 Å². The molecule has 1 saturated heterocycles. The second-order valence-electron chi connectivity index (χ2n) is 7.06. The highest BCUT2D eigenvalue weighted by Crippen LogP contribution is 2.29. The number of anilines is 1. The SMILES string of the molecule is CCOc1ccc(N2C[C@H](C(=O)N(C)Cc3cc([N+](=O)[O-])ccc3Cl)CC2=O)cc1. The summed E-state index contributed by atoms with van der Waals surface area (Å²) in [5.41, 5.74) is 1.10. The van der Waals surface area contributed by atoms with E-state index >= 15 is 0 Å². The van der Waals surface area contributed by atoms with E-state index in [2.05, 4.69) is 0 Å². The molecule has 8 nitrogen and oxygen atoms in total. The molecule has 0 saturated carbocycles. The number of hydrogen-bond donors (Lipinski definition) is 0. The maximum atomic E-state index is 12.9. The maximum Gasteiger partial charge on any atom is 0.269 e. The maximum absolute atomic E-state index is 12.9. The number of benzene rings is 2. The average Bonchev–Trinajstić information content (AvgIpc) is 3.11. The molecule has 1 fully saturated rings. The lowest BCUT2D eigenvalue weighted by Gasteiger charge is -2.22. The van der Waals surface area contributed by atoms with E-state index in [9.17, 15) is 19.7 Å². The van der Waals surface area contributed by atoms with E-state index in [0.717, 1.165) is 0 Å². The Morgan fingerprint density at radius 3 is 2.63 bits per heavy atom. The van der Waals surface area contributed by atoms with Crippen LogP contribution < -0.4 is 9.64 Å². The molecule has 2 aromatic carbocycles. The lowest BCUT2D eigenvalue weighted by atomic mass is 10.1. The van der Waals surface area contributed by atoms with E-state index in [-0.39, 0.29) is 37.0 Å². The summed E-state index contributed by atoms with van der Waals surface area (Å²) >= 11 is 6.14. The molecule has 2 aromatic rings. The minimum Gasteiger partial charge on any atom is -0.494 e. The van der Waals surface area contributed by atoms with Crippen molar-refractivity contribution in [3.05, 3.63) is 63.2 Å². The Morgan fingerprint density at radius 2 is 2.00 bits per heavy atom. The van der Waals surface area contributed by atoms with Gasteiger partial charge in [-0.05, 0) is 42.8 Å². The summed E-state index contributed by atoms with van der Waals surface area (Å²) in [6.07, 6.45) is 0.110. The van der Waals surface area contributed by atoms with Gasteiger partial charge in [0.2, 0.25) is 11.8 Å². The first-order valence-electron chi connectivity index (χ1n) is 9.51. The van der Waals surface area contributed by atoms with Gasteiger partial charge >= 0.3 is 0 Å². The number of halogens is 1. The highest BCUT2D eigenvalue weighted by Gasteiger charge is 2.36. The van der Waals surface area contributed by atoms with Crippen LogP contribution in [0.5, 0.6) is 5.75 Å². The van der Waals surface area contributed by atoms with Crippen LogP contribution in [0.3, 0.4) is 0 Å². The molecular weight excluding hydrogens is 410 g/mol. The summed E-state index contributed by atoms with van der Waals surface area (Å²) in [5.74, 6) is -0.112. The Hall–Kier alpha value is -3.13. The number of carbonyl (C=O) groups is 2. The van der Waals surface area contributed by atoms with Gasteiger partial charge in [-0.25, -0.2) is 0 Å². The second kappa shape index (κ2) is 9.13. The van der Waals surface area contributed by atoms with Crippen LogP contribution in [0.15, 0.2) is 42.5 Å². The summed E-state index contributed by atoms with van der Waals surface area (Å²) < 4.78 is 5.41. The van der Waals surface area contributed by atoms with Crippen LogP contribution in [-0.2, 0) is 16.1 Å². The van der Waals surface area contributed by atoms with Crippen molar-refractivity contribution in [3.63, 3.8) is 0 Å². The first kappa shape index (κ1) is 21.6. The monoisotopic (exact) mass is 431 g/mol. The van der Waals surface area contributed by atoms with Crippen LogP contribution >= 0.6 is 11.6 Å². The molecule has 158 valence electrons. The molecule has 2 amide bonds. The average molecular weight is 432 g/mol. The molecule has 1 aliphatic heterocycles. The molecule has 0 aliphatic carbocycles. The molecule has 0 spiro atoms. The molecule has 3 rings (SSSR count). The number of carbonyl (C=O) groups excluding carboxylic acids is 2. The Labute approximate surface area is 179 Å². The van der Waals surface area contributed by atoms with E-state index in [0.29, 0.717) is 28.6 Å². The minimum atomic E-state index is -0.508. The Morgan fingerprint density at radius 1 is 1.30 bits per heavy atom. The van der Waals surface area contributed by atoms with Crippen LogP contribution in [0.25, 0.3) is 0 Å². The van der Waals surface area contributed by atoms with Crippen molar-refractivity contribution in [2.75, 3.05) is 25.1 Å². The number of nitrogens with zero attached hydrogens (tertiary/aromatic N) is 3. The molecule has 1 aliphatic rings. The number of rotatable bonds is 7. The summed E-state index contributed by atoms with van der Waals surface area (Å²) in [5, 5.41) is 11.3. The summed E-state index contributed by atoms with van der Waals surface area (Å²) in [4.78, 5) is 38.9. The van der Waals surface area contributed by atoms with Crippen molar-refractivity contribution in [3.8, 4) is 5.75 Å². The van der Waals surface area contributed by atoms with Crippen molar-refractivity contribution in [2.24, 2.45) is 5.92 Å². The standard InChI is InChI=1S/C21H22ClN3O5/c1-3-30-18-7-4-16(5-8-18)24-13-15(11-20(24)26)21(27)23(2)12-14-10-17(25(28)29)6-9-19(14)22/h4-10,15H,3,11-13H2,1-2H3/t15-/m1/s1. The van der Waals surface area contributed by atoms with Crippen molar-refractivity contribution in [2.45, 2.75) is 19.9 Å². The van der Waals surface area contributed by atoms with E-state index in [4.69, 9.17) is 16.3 Å². The zero-order valence-corrected chi connectivity index (χ0v) is 17.5. The van der Waals surface area contributed by atoms with E-state index in [1.54, 1.807) is 36.2 Å². The highest BCUT2D eigenvalue weighted by molar-refractivity contribution is 6.31. The lowest BCUT2D eigenvalue weighted by Crippen LogP contribution is -2.34. The highest BCUT2D eigenvalue weighted by atomic mass is 35.5. The van der Waals surface area contributed by atoms with Gasteiger partial charge in [-0.2, -0.15) is 0 Å². The summed E-state index contributed by atoms with van der Waals surface area (Å²) in [7, 11) is 1.60. The zero-order valence-electron chi connectivity index (χ0n) is 16.7. The van der Waals surface area contributed by atoms with Gasteiger partial charge in [-0.1, -0.05) is 11.6 Å². The third-order valence-electron chi connectivity index (χ3n) is 4.96. The molecular formula is C21H22ClN3O5. The van der Waals surface area contributed by atoms with E-state index in [1.807, 2.05) is 6.92 Å². The fourth-order valence-electron chi connectivity index (χ4n) is 3.45. The fourth-order valence-corrected chi connectivity index (χ4v) is 3.63. The number of hydrogen-bond acceptors (Lipinski definition) is 5. The molecule has 30 heavy (non-hydrogen) atoms. The number of nitro groups is 1. The smallest absolute Gasteiger partial charge is 0.269 e. The van der Waals surface area contributed by atoms with Crippen molar-refractivity contribution in [1.82, 2.24) is 4.90 Å². The van der Waals surface area contributed by atoms with Crippen molar-refractivity contribution >= 4 is 34.8 Å². The number of nitro benzene ring substituents is 1. The van der Waals surface area contributed by atoms with E-state index in [1.165, 1.54) is 23.1 Å². The first-order chi connectivity index (χ1) is 14.3. The molecule has 1 heterocycles. The van der Waals surface area contributed by atoms with Crippen molar-refractivity contribution in [1.29, 1.82) is 0 Å². The van der Waals surface area contributed by atoms with Crippen LogP contribution in [0.2, 0.25) is 5.02 Å². The van der Waals surface area contributed by atoms with Gasteiger partial charge in [0.25, 0.3) is 5.69 Å². The molecule has 1 atom stereocenters. The van der Waals surface area contributed by atoms with Crippen LogP contribution in [0, 0.1) is 16.0 Å². The van der Waals surface area contributed by atoms with Gasteiger partial charge in [-0.3, -0.25) is 19.7 Å². The molecule has 0 bridgehead atoms. The zero-order chi connectivity index (χ0) is 21.8. The van der Waals surface area contributed by atoms with Crippen LogP contribution in [0.4, 0.5) is 11.4 Å². The number of non-ortho nitro benzene ring substituents is 1. The van der Waals surface area contributed by atoms with Crippen LogP contribution in [0.1, 0.15) is 18.9 Å². The third-order valence-corrected chi connectivity index (χ3v) is 5.33. The largest absolute Gasteiger partial charge is 0.494 e. The lowest BCUT2D eigenvalue weighted by molar-refractivity contribution is -0.384.